The molecule has 0 aliphatic carbocycles. The molecule has 4 rings (SSSR count). The molecule has 0 saturated heterocycles. The second kappa shape index (κ2) is 12.9. The van der Waals surface area contributed by atoms with Crippen molar-refractivity contribution in [3.63, 3.8) is 0 Å². The van der Waals surface area contributed by atoms with Gasteiger partial charge in [-0.1, -0.05) is 18.2 Å². The predicted octanol–water partition coefficient (Wildman–Crippen LogP) is 1.79. The van der Waals surface area contributed by atoms with E-state index >= 15 is 0 Å². The molecule has 0 radical (unpaired) electrons. The van der Waals surface area contributed by atoms with Crippen LogP contribution in [-0.4, -0.2) is 67.9 Å². The molecule has 3 N–H and O–H groups in total. The first-order chi connectivity index (χ1) is 18.1. The van der Waals surface area contributed by atoms with Gasteiger partial charge < -0.3 is 29.8 Å². The average molecular weight is 508 g/mol. The number of carbonyl (C=O) groups excluding carboxylic acids is 3. The Morgan fingerprint density at radius 3 is 2.89 bits per heavy atom. The van der Waals surface area contributed by atoms with E-state index in [1.165, 1.54) is 11.9 Å². The maximum Gasteiger partial charge on any atom is 0.255 e. The van der Waals surface area contributed by atoms with E-state index < -0.39 is 6.04 Å². The van der Waals surface area contributed by atoms with Crippen molar-refractivity contribution in [3.8, 4) is 5.75 Å². The van der Waals surface area contributed by atoms with Crippen molar-refractivity contribution in [2.24, 2.45) is 5.10 Å². The summed E-state index contributed by atoms with van der Waals surface area (Å²) in [6.07, 6.45) is 2.88. The lowest BCUT2D eigenvalue weighted by atomic mass is 10.1. The van der Waals surface area contributed by atoms with Crippen LogP contribution in [0.15, 0.2) is 53.6 Å². The van der Waals surface area contributed by atoms with Crippen molar-refractivity contribution < 1.29 is 23.9 Å². The number of hydrazone groups is 1. The summed E-state index contributed by atoms with van der Waals surface area (Å²) in [5, 5.41) is 10.2. The Kier molecular flexibility index (Phi) is 9.09. The van der Waals surface area contributed by atoms with E-state index in [0.29, 0.717) is 43.3 Å². The van der Waals surface area contributed by atoms with Crippen LogP contribution in [0.2, 0.25) is 0 Å². The molecule has 2 heterocycles. The van der Waals surface area contributed by atoms with E-state index in [1.807, 2.05) is 36.4 Å². The van der Waals surface area contributed by atoms with E-state index in [0.717, 1.165) is 36.8 Å². The van der Waals surface area contributed by atoms with E-state index in [-0.39, 0.29) is 24.5 Å². The molecule has 2 unspecified atom stereocenters. The molecule has 0 aromatic heterocycles. The Hall–Kier alpha value is -3.92. The number of hydrogen-bond donors (Lipinski definition) is 3. The highest BCUT2D eigenvalue weighted by Gasteiger charge is 2.35. The molecule has 196 valence electrons. The third-order valence-electron chi connectivity index (χ3n) is 6.32. The van der Waals surface area contributed by atoms with Gasteiger partial charge in [-0.25, -0.2) is 0 Å². The number of benzene rings is 2. The largest absolute Gasteiger partial charge is 0.494 e. The molecule has 2 amide bonds. The third-order valence-corrected chi connectivity index (χ3v) is 6.32. The molecule has 0 fully saturated rings. The minimum absolute atomic E-state index is 0.193. The lowest BCUT2D eigenvalue weighted by Crippen LogP contribution is -2.46. The Morgan fingerprint density at radius 1 is 1.27 bits per heavy atom. The summed E-state index contributed by atoms with van der Waals surface area (Å²) in [7, 11) is 1.53. The van der Waals surface area contributed by atoms with Crippen LogP contribution in [0, 0.1) is 0 Å². The fraction of sp³-hybridized carbons (Fsp3) is 0.407. The summed E-state index contributed by atoms with van der Waals surface area (Å²) in [6.45, 7) is 2.33. The Labute approximate surface area is 216 Å². The average Bonchev–Trinajstić information content (AvgIpc) is 3.53. The first kappa shape index (κ1) is 26.2. The van der Waals surface area contributed by atoms with Gasteiger partial charge >= 0.3 is 0 Å². The molecule has 0 saturated carbocycles. The van der Waals surface area contributed by atoms with Crippen LogP contribution in [-0.2, 0) is 20.9 Å². The van der Waals surface area contributed by atoms with Gasteiger partial charge in [0.2, 0.25) is 11.8 Å². The minimum Gasteiger partial charge on any atom is -0.494 e. The highest BCUT2D eigenvalue weighted by atomic mass is 16.5. The van der Waals surface area contributed by atoms with Gasteiger partial charge in [-0.15, -0.1) is 5.10 Å². The van der Waals surface area contributed by atoms with Gasteiger partial charge in [-0.05, 0) is 61.7 Å². The summed E-state index contributed by atoms with van der Waals surface area (Å²) < 4.78 is 11.7. The van der Waals surface area contributed by atoms with Crippen molar-refractivity contribution in [3.05, 3.63) is 65.2 Å². The molecule has 2 aromatic rings. The first-order valence-corrected chi connectivity index (χ1v) is 12.6. The maximum atomic E-state index is 12.9. The fourth-order valence-corrected chi connectivity index (χ4v) is 4.38. The topological polar surface area (TPSA) is 121 Å². The molecular formula is C27H33N5O5. The number of carbonyl (C=O) groups is 3. The van der Waals surface area contributed by atoms with Crippen molar-refractivity contribution >= 4 is 24.0 Å². The van der Waals surface area contributed by atoms with Gasteiger partial charge in [0.05, 0.1) is 13.2 Å². The minimum atomic E-state index is -0.673. The second-order valence-electron chi connectivity index (χ2n) is 8.90. The quantitative estimate of drug-likeness (QED) is 0.263. The molecule has 0 bridgehead atoms. The second-order valence-corrected chi connectivity index (χ2v) is 8.90. The zero-order valence-electron chi connectivity index (χ0n) is 20.9. The van der Waals surface area contributed by atoms with E-state index in [1.54, 1.807) is 12.1 Å². The predicted molar refractivity (Wildman–Crippen MR) is 138 cm³/mol. The molecule has 10 nitrogen and oxygen atoms in total. The molecule has 2 aromatic carbocycles. The van der Waals surface area contributed by atoms with Crippen LogP contribution >= 0.6 is 0 Å². The highest BCUT2D eigenvalue weighted by Crippen LogP contribution is 2.29. The van der Waals surface area contributed by atoms with Crippen LogP contribution in [0.4, 0.5) is 0 Å². The highest BCUT2D eigenvalue weighted by molar-refractivity contribution is 6.01. The molecule has 2 aliphatic heterocycles. The normalized spacial score (nSPS) is 16.9. The number of nitrogens with zero attached hydrogens (tertiary/aromatic N) is 2. The Balaban J connectivity index is 1.15. The Bertz CT molecular complexity index is 1120. The van der Waals surface area contributed by atoms with Crippen molar-refractivity contribution in [2.75, 3.05) is 26.7 Å². The smallest absolute Gasteiger partial charge is 0.255 e. The molecule has 2 aliphatic rings. The van der Waals surface area contributed by atoms with Gasteiger partial charge in [0.15, 0.2) is 6.23 Å². The van der Waals surface area contributed by atoms with Gasteiger partial charge in [0.25, 0.3) is 5.91 Å². The lowest BCUT2D eigenvalue weighted by molar-refractivity contribution is -0.125. The molecule has 10 heteroatoms. The molecule has 0 spiro atoms. The van der Waals surface area contributed by atoms with E-state index in [4.69, 9.17) is 9.47 Å². The molecule has 2 atom stereocenters. The van der Waals surface area contributed by atoms with Gasteiger partial charge in [0.1, 0.15) is 18.1 Å². The number of aldehydes is 1. The number of rotatable bonds is 14. The number of likely N-dealkylation sites (N-methyl/N-ethyl adjacent to an activating group) is 1. The Morgan fingerprint density at radius 2 is 2.11 bits per heavy atom. The molecular weight excluding hydrogens is 474 g/mol. The van der Waals surface area contributed by atoms with Crippen LogP contribution in [0.1, 0.15) is 47.2 Å². The van der Waals surface area contributed by atoms with Crippen LogP contribution in [0.3, 0.4) is 0 Å². The summed E-state index contributed by atoms with van der Waals surface area (Å²) in [4.78, 5) is 37.5. The summed E-state index contributed by atoms with van der Waals surface area (Å²) in [5.74, 6) is 0.826. The van der Waals surface area contributed by atoms with Gasteiger partial charge in [-0.3, -0.25) is 15.0 Å². The van der Waals surface area contributed by atoms with Crippen molar-refractivity contribution in [1.29, 1.82) is 0 Å². The van der Waals surface area contributed by atoms with Crippen molar-refractivity contribution in [2.45, 2.75) is 44.5 Å². The van der Waals surface area contributed by atoms with Gasteiger partial charge in [0, 0.05) is 31.1 Å². The summed E-state index contributed by atoms with van der Waals surface area (Å²) >= 11 is 0. The standard InChI is InChI=1S/C27H33N5O5/c1-28-25(34)23(10-7-14-33)32-18-20-16-21(11-12-22(20)27(32)35)36-15-6-5-13-29-17-24-30-31-26(37-24)19-8-3-2-4-9-19/h2-4,8-9,11-12,14,16,23-24,29-30H,5-7,10,13,15,17-18H2,1H3,(H,28,34). The number of ether oxygens (including phenoxy) is 2. The van der Waals surface area contributed by atoms with E-state index in [2.05, 4.69) is 21.2 Å². The lowest BCUT2D eigenvalue weighted by Gasteiger charge is -2.25. The number of hydrogen-bond acceptors (Lipinski definition) is 8. The zero-order valence-corrected chi connectivity index (χ0v) is 20.9. The SMILES string of the molecule is CNC(=O)C(CCC=O)N1Cc2cc(OCCCCNCC3NN=C(c4ccccc4)O3)ccc2C1=O. The third kappa shape index (κ3) is 6.65. The van der Waals surface area contributed by atoms with Gasteiger partial charge in [-0.2, -0.15) is 0 Å². The number of fused-ring (bicyclic) bond motifs is 1. The first-order valence-electron chi connectivity index (χ1n) is 12.6. The monoisotopic (exact) mass is 507 g/mol. The number of nitrogens with one attached hydrogen (secondary N) is 3. The fourth-order valence-electron chi connectivity index (χ4n) is 4.38. The van der Waals surface area contributed by atoms with Crippen LogP contribution in [0.5, 0.6) is 5.75 Å². The summed E-state index contributed by atoms with van der Waals surface area (Å²) in [6, 6.07) is 14.5. The van der Waals surface area contributed by atoms with E-state index in [9.17, 15) is 14.4 Å². The summed E-state index contributed by atoms with van der Waals surface area (Å²) in [5.41, 5.74) is 5.33. The maximum absolute atomic E-state index is 12.9. The van der Waals surface area contributed by atoms with Crippen molar-refractivity contribution in [1.82, 2.24) is 21.0 Å². The number of unbranched alkanes of at least 4 members (excludes halogenated alkanes) is 1. The number of amides is 2. The van der Waals surface area contributed by atoms with Crippen LogP contribution < -0.4 is 20.8 Å². The molecule has 37 heavy (non-hydrogen) atoms. The zero-order chi connectivity index (χ0) is 26.0. The van der Waals surface area contributed by atoms with Crippen LogP contribution in [0.25, 0.3) is 0 Å².